The SMILES string of the molecule is COc1ccc(C(OCCCCCC[N+]2=C(/C=C3\C(=O)C(/C=C4\N(CCCCCCOP(OCCC#N)N(C(C)C)C(C)C)c5ccccc5C4(C)C)=C3O)C(C)(C)c3ccccc32)(c2ccccc2)c2ccc(OC)cc2)cc1. The fourth-order valence-corrected chi connectivity index (χ4v) is 13.5. The molecule has 2 aliphatic heterocycles. The maximum Gasteiger partial charge on any atom is 0.259 e. The monoisotopic (exact) mass is 1100 g/mol. The van der Waals surface area contributed by atoms with Crippen molar-refractivity contribution in [3.8, 4) is 17.6 Å². The van der Waals surface area contributed by atoms with E-state index in [0.29, 0.717) is 37.4 Å². The lowest BCUT2D eigenvalue weighted by atomic mass is 9.77. The number of Topliss-reactive ketones (excluding diaryl/α,β-unsaturated/α-hetero) is 1. The first-order chi connectivity index (χ1) is 38.6. The van der Waals surface area contributed by atoms with E-state index in [1.807, 2.05) is 42.5 Å². The standard InChI is InChI=1S/C68H83N4O7P/c1-49(2)72(50(3)4)80(79-46-26-41-69)78-45-25-14-12-23-43-71-61-32-21-19-30-59(61)67(7,8)63(71)48-57-64(73)56(65(57)74)47-62-66(5,6)58-29-18-20-31-60(58)70(62)42-22-11-13-24-44-77-68(51-27-16-15-17-28-51,52-33-37-54(75-9)38-34-52)53-35-39-55(76-10)40-36-53/h15-21,27-40,47-50H,11-14,22-26,42-46H2,1-10H3/p+1. The summed E-state index contributed by atoms with van der Waals surface area (Å²) >= 11 is 0. The lowest BCUT2D eigenvalue weighted by molar-refractivity contribution is -0.438. The molecule has 0 amide bonds. The van der Waals surface area contributed by atoms with Crippen LogP contribution in [0.3, 0.4) is 0 Å². The molecule has 0 bridgehead atoms. The van der Waals surface area contributed by atoms with Crippen LogP contribution in [0.2, 0.25) is 0 Å². The number of nitriles is 1. The number of hydrogen-bond donors (Lipinski definition) is 1. The number of carbonyl (C=O) groups excluding carboxylic acids is 1. The van der Waals surface area contributed by atoms with Crippen LogP contribution in [0.1, 0.15) is 141 Å². The molecule has 1 aliphatic carbocycles. The number of rotatable bonds is 29. The first-order valence-electron chi connectivity index (χ1n) is 28.8. The van der Waals surface area contributed by atoms with Crippen LogP contribution in [-0.2, 0) is 35.0 Å². The van der Waals surface area contributed by atoms with Gasteiger partial charge in [0.2, 0.25) is 11.5 Å². The van der Waals surface area contributed by atoms with E-state index in [1.165, 1.54) is 11.1 Å². The number of unbranched alkanes of at least 4 members (excludes halogenated alkanes) is 6. The minimum absolute atomic E-state index is 0.0503. The Morgan fingerprint density at radius 1 is 0.662 bits per heavy atom. The van der Waals surface area contributed by atoms with E-state index >= 15 is 0 Å². The van der Waals surface area contributed by atoms with E-state index in [2.05, 4.69) is 173 Å². The van der Waals surface area contributed by atoms with Crippen molar-refractivity contribution in [3.05, 3.63) is 190 Å². The minimum Gasteiger partial charge on any atom is -0.506 e. The summed E-state index contributed by atoms with van der Waals surface area (Å²) in [5.41, 5.74) is 8.85. The molecule has 5 aromatic carbocycles. The Labute approximate surface area is 478 Å². The Bertz CT molecular complexity index is 3020. The van der Waals surface area contributed by atoms with Crippen molar-refractivity contribution in [1.29, 1.82) is 5.26 Å². The third-order valence-electron chi connectivity index (χ3n) is 16.1. The van der Waals surface area contributed by atoms with Crippen LogP contribution in [0, 0.1) is 11.3 Å². The summed E-state index contributed by atoms with van der Waals surface area (Å²) in [6, 6.07) is 46.5. The number of carbonyl (C=O) groups is 1. The number of methoxy groups -OCH3 is 2. The number of nitrogens with zero attached hydrogens (tertiary/aromatic N) is 4. The lowest BCUT2D eigenvalue weighted by Crippen LogP contribution is -2.33. The van der Waals surface area contributed by atoms with Crippen molar-refractivity contribution in [2.45, 2.75) is 142 Å². The van der Waals surface area contributed by atoms with Crippen LogP contribution in [0.4, 0.5) is 11.4 Å². The van der Waals surface area contributed by atoms with Crippen LogP contribution in [0.5, 0.6) is 11.5 Å². The van der Waals surface area contributed by atoms with Gasteiger partial charge in [-0.1, -0.05) is 124 Å². The number of para-hydroxylation sites is 2. The van der Waals surface area contributed by atoms with Gasteiger partial charge in [0.15, 0.2) is 5.71 Å². The van der Waals surface area contributed by atoms with Crippen LogP contribution in [0.25, 0.3) is 0 Å². The largest absolute Gasteiger partial charge is 0.506 e. The quantitative estimate of drug-likeness (QED) is 0.0163. The Balaban J connectivity index is 0.949. The van der Waals surface area contributed by atoms with Gasteiger partial charge in [-0.3, -0.25) is 4.79 Å². The van der Waals surface area contributed by atoms with Gasteiger partial charge in [-0.25, -0.2) is 4.67 Å². The molecule has 0 aromatic heterocycles. The van der Waals surface area contributed by atoms with Gasteiger partial charge in [0, 0.05) is 66.2 Å². The molecule has 0 radical (unpaired) electrons. The number of ketones is 1. The highest BCUT2D eigenvalue weighted by molar-refractivity contribution is 7.44. The van der Waals surface area contributed by atoms with Gasteiger partial charge in [0.05, 0.1) is 56.5 Å². The van der Waals surface area contributed by atoms with E-state index in [0.717, 1.165) is 115 Å². The van der Waals surface area contributed by atoms with Crippen LogP contribution in [-0.4, -0.2) is 85.1 Å². The summed E-state index contributed by atoms with van der Waals surface area (Å²) in [5.74, 6) is 1.48. The second-order valence-corrected chi connectivity index (χ2v) is 24.2. The average Bonchev–Trinajstić information content (AvgIpc) is 4.05. The van der Waals surface area contributed by atoms with E-state index in [-0.39, 0.29) is 29.0 Å². The Morgan fingerprint density at radius 3 is 1.82 bits per heavy atom. The van der Waals surface area contributed by atoms with Crippen molar-refractivity contribution < 1.29 is 37.7 Å². The average molecular weight is 1100 g/mol. The maximum absolute atomic E-state index is 14.4. The molecule has 1 unspecified atom stereocenters. The third kappa shape index (κ3) is 12.7. The van der Waals surface area contributed by atoms with Crippen molar-refractivity contribution in [2.75, 3.05) is 52.0 Å². The van der Waals surface area contributed by atoms with Gasteiger partial charge in [-0.2, -0.15) is 9.84 Å². The van der Waals surface area contributed by atoms with Gasteiger partial charge in [0.25, 0.3) is 8.53 Å². The third-order valence-corrected chi connectivity index (χ3v) is 18.2. The zero-order chi connectivity index (χ0) is 57.0. The second-order valence-electron chi connectivity index (χ2n) is 22.7. The van der Waals surface area contributed by atoms with Gasteiger partial charge in [-0.15, -0.1) is 0 Å². The predicted molar refractivity (Wildman–Crippen MR) is 323 cm³/mol. The summed E-state index contributed by atoms with van der Waals surface area (Å²) in [5, 5.41) is 21.1. The van der Waals surface area contributed by atoms with Gasteiger partial charge in [0.1, 0.15) is 29.4 Å². The summed E-state index contributed by atoms with van der Waals surface area (Å²) < 4.78 is 35.3. The highest BCUT2D eigenvalue weighted by Gasteiger charge is 2.47. The predicted octanol–water partition coefficient (Wildman–Crippen LogP) is 15.5. The number of allylic oxidation sites excluding steroid dienone is 5. The summed E-state index contributed by atoms with van der Waals surface area (Å²) in [6.45, 7) is 20.5. The van der Waals surface area contributed by atoms with Crippen LogP contribution < -0.4 is 14.4 Å². The molecule has 80 heavy (non-hydrogen) atoms. The number of aliphatic hydroxyl groups is 1. The molecule has 0 spiro atoms. The summed E-state index contributed by atoms with van der Waals surface area (Å²) in [4.78, 5) is 16.8. The smallest absolute Gasteiger partial charge is 0.259 e. The first-order valence-corrected chi connectivity index (χ1v) is 30.0. The van der Waals surface area contributed by atoms with E-state index < -0.39 is 19.5 Å². The fraction of sp³-hybridized carbons (Fsp3) is 0.426. The molecule has 2 heterocycles. The molecular formula is C68H84N4O7P+. The molecule has 1 atom stereocenters. The lowest BCUT2D eigenvalue weighted by Gasteiger charge is -2.36. The summed E-state index contributed by atoms with van der Waals surface area (Å²) in [6.07, 6.45) is 11.9. The van der Waals surface area contributed by atoms with Crippen LogP contribution >= 0.6 is 8.53 Å². The van der Waals surface area contributed by atoms with E-state index in [4.69, 9.17) is 28.5 Å². The molecule has 8 rings (SSSR count). The number of benzene rings is 5. The van der Waals surface area contributed by atoms with E-state index in [9.17, 15) is 9.90 Å². The summed E-state index contributed by atoms with van der Waals surface area (Å²) in [7, 11) is 2.11. The molecule has 422 valence electrons. The molecule has 3 aliphatic rings. The topological polar surface area (TPSA) is 117 Å². The van der Waals surface area contributed by atoms with Crippen molar-refractivity contribution in [3.63, 3.8) is 0 Å². The molecule has 1 N–H and O–H groups in total. The molecule has 0 fully saturated rings. The first kappa shape index (κ1) is 59.7. The van der Waals surface area contributed by atoms with Crippen molar-refractivity contribution in [1.82, 2.24) is 4.67 Å². The number of ether oxygens (including phenoxy) is 3. The van der Waals surface area contributed by atoms with Crippen molar-refractivity contribution >= 4 is 31.4 Å². The molecule has 5 aromatic rings. The maximum atomic E-state index is 14.4. The molecule has 0 saturated heterocycles. The zero-order valence-corrected chi connectivity index (χ0v) is 49.9. The second kappa shape index (κ2) is 26.9. The number of aliphatic hydroxyl groups excluding tert-OH is 1. The Morgan fingerprint density at radius 2 is 1.21 bits per heavy atom. The minimum atomic E-state index is -1.26. The highest BCUT2D eigenvalue weighted by atomic mass is 31.2. The van der Waals surface area contributed by atoms with Gasteiger partial charge < -0.3 is 33.3 Å². The molecule has 0 saturated carbocycles. The zero-order valence-electron chi connectivity index (χ0n) is 49.0. The number of anilines is 1. The normalized spacial score (nSPS) is 16.9. The number of hydrogen-bond acceptors (Lipinski definition) is 10. The molecule has 11 nitrogen and oxygen atoms in total. The Kier molecular flexibility index (Phi) is 20.1. The highest BCUT2D eigenvalue weighted by Crippen LogP contribution is 2.50. The fourth-order valence-electron chi connectivity index (χ4n) is 11.9. The Hall–Kier alpha value is -6.38. The van der Waals surface area contributed by atoms with E-state index in [1.54, 1.807) is 14.2 Å². The molecular weight excluding hydrogens is 1020 g/mol. The molecule has 12 heteroatoms. The van der Waals surface area contributed by atoms with Gasteiger partial charge >= 0.3 is 0 Å². The van der Waals surface area contributed by atoms with Crippen molar-refractivity contribution in [2.24, 2.45) is 0 Å². The number of fused-ring (bicyclic) bond motifs is 2. The van der Waals surface area contributed by atoms with Crippen LogP contribution in [0.15, 0.2) is 162 Å². The van der Waals surface area contributed by atoms with Gasteiger partial charge in [-0.05, 0) is 126 Å².